The van der Waals surface area contributed by atoms with E-state index in [2.05, 4.69) is 4.74 Å². The van der Waals surface area contributed by atoms with Crippen molar-refractivity contribution in [2.24, 2.45) is 0 Å². The van der Waals surface area contributed by atoms with Gasteiger partial charge >= 0.3 is 18.3 Å². The van der Waals surface area contributed by atoms with Crippen molar-refractivity contribution in [3.63, 3.8) is 0 Å². The van der Waals surface area contributed by atoms with Crippen LogP contribution in [-0.2, 0) is 4.74 Å². The maximum absolute atomic E-state index is 11.7. The molecule has 0 saturated carbocycles. The summed E-state index contributed by atoms with van der Waals surface area (Å²) >= 11 is 0. The van der Waals surface area contributed by atoms with E-state index in [0.29, 0.717) is 0 Å². The molecule has 0 aliphatic rings. The van der Waals surface area contributed by atoms with Crippen LogP contribution in [0.15, 0.2) is 24.3 Å². The first kappa shape index (κ1) is 15.2. The Labute approximate surface area is 99.4 Å². The lowest BCUT2D eigenvalue weighted by Gasteiger charge is -2.06. The highest BCUT2D eigenvalue weighted by Gasteiger charge is 2.34. The Kier molecular flexibility index (Phi) is 4.96. The van der Waals surface area contributed by atoms with Gasteiger partial charge in [0.05, 0.1) is 11.1 Å². The number of hydrogen-bond donors (Lipinski definition) is 1. The van der Waals surface area contributed by atoms with Crippen LogP contribution in [0.2, 0.25) is 0 Å². The number of hydrogen-bond acceptors (Lipinski definition) is 3. The van der Waals surface area contributed by atoms with Gasteiger partial charge < -0.3 is 9.84 Å². The van der Waals surface area contributed by atoms with Crippen molar-refractivity contribution in [3.05, 3.63) is 35.4 Å². The van der Waals surface area contributed by atoms with E-state index in [1.807, 2.05) is 0 Å². The van der Waals surface area contributed by atoms with Gasteiger partial charge in [-0.25, -0.2) is 9.59 Å². The summed E-state index contributed by atoms with van der Waals surface area (Å²) in [6.45, 7) is 0. The van der Waals surface area contributed by atoms with E-state index in [4.69, 9.17) is 5.11 Å². The number of rotatable bonds is 2. The molecule has 0 fully saturated rings. The quantitative estimate of drug-likeness (QED) is 0.839. The van der Waals surface area contributed by atoms with E-state index in [9.17, 15) is 22.8 Å². The second-order valence-corrected chi connectivity index (χ2v) is 2.72. The predicted octanol–water partition coefficient (Wildman–Crippen LogP) is 2.48. The molecule has 0 spiro atoms. The van der Waals surface area contributed by atoms with Crippen molar-refractivity contribution in [2.75, 3.05) is 0 Å². The molecular weight excluding hydrogens is 265 g/mol. The first-order valence-electron chi connectivity index (χ1n) is 3.93. The van der Waals surface area contributed by atoms with E-state index in [-0.39, 0.29) is 23.5 Å². The normalized spacial score (nSPS) is 10.3. The highest BCUT2D eigenvalue weighted by molar-refractivity contribution is 5.92. The summed E-state index contributed by atoms with van der Waals surface area (Å²) in [5, 5.41) is 8.50. The lowest BCUT2D eigenvalue weighted by molar-refractivity contribution is -0.291. The van der Waals surface area contributed by atoms with Crippen molar-refractivity contribution in [3.8, 4) is 0 Å². The van der Waals surface area contributed by atoms with E-state index >= 15 is 0 Å². The van der Waals surface area contributed by atoms with Crippen molar-refractivity contribution in [1.82, 2.24) is 0 Å². The number of carboxylic acid groups (broad SMARTS) is 1. The number of carbonyl (C=O) groups is 2. The van der Waals surface area contributed by atoms with Crippen LogP contribution in [0.1, 0.15) is 20.7 Å². The molecule has 1 N–H and O–H groups in total. The van der Waals surface area contributed by atoms with E-state index in [1.54, 1.807) is 0 Å². The Morgan fingerprint density at radius 3 is 1.82 bits per heavy atom. The molecule has 0 aliphatic heterocycles. The largest absolute Gasteiger partial charge is 0.575 e. The number of benzene rings is 1. The Morgan fingerprint density at radius 1 is 1.06 bits per heavy atom. The van der Waals surface area contributed by atoms with Crippen LogP contribution in [0.25, 0.3) is 0 Å². The second-order valence-electron chi connectivity index (χ2n) is 2.72. The number of aromatic carboxylic acids is 1. The van der Waals surface area contributed by atoms with Gasteiger partial charge in [0.15, 0.2) is 0 Å². The number of carboxylic acids is 1. The number of esters is 1. The zero-order valence-corrected chi connectivity index (χ0v) is 8.84. The van der Waals surface area contributed by atoms with Gasteiger partial charge in [-0.2, -0.15) is 0 Å². The summed E-state index contributed by atoms with van der Waals surface area (Å²) in [5.74, 6) is -2.82. The van der Waals surface area contributed by atoms with E-state index in [0.717, 1.165) is 24.3 Å². The highest BCUT2D eigenvalue weighted by Crippen LogP contribution is 2.18. The molecule has 0 aliphatic carbocycles. The van der Waals surface area contributed by atoms with Crippen LogP contribution in [0, 0.1) is 0 Å². The van der Waals surface area contributed by atoms with Crippen molar-refractivity contribution >= 4 is 24.3 Å². The van der Waals surface area contributed by atoms with Gasteiger partial charge in [0.2, 0.25) is 0 Å². The third-order valence-corrected chi connectivity index (χ3v) is 1.58. The molecular formula is C9H6ClF3O4. The molecule has 1 rings (SSSR count). The summed E-state index contributed by atoms with van der Waals surface area (Å²) in [6, 6.07) is 3.90. The van der Waals surface area contributed by atoms with Gasteiger partial charge in [0.1, 0.15) is 0 Å². The minimum atomic E-state index is -5.05. The van der Waals surface area contributed by atoms with Crippen LogP contribution in [0.5, 0.6) is 0 Å². The van der Waals surface area contributed by atoms with Crippen LogP contribution >= 0.6 is 12.4 Å². The average molecular weight is 271 g/mol. The zero-order chi connectivity index (χ0) is 12.3. The minimum Gasteiger partial charge on any atom is -0.478 e. The molecule has 0 heterocycles. The van der Waals surface area contributed by atoms with Crippen molar-refractivity contribution in [2.45, 2.75) is 6.36 Å². The SMILES string of the molecule is Cl.O=C(O)c1ccc(C(=O)OC(F)(F)F)cc1. The fourth-order valence-corrected chi connectivity index (χ4v) is 0.913. The molecule has 1 aromatic carbocycles. The second kappa shape index (κ2) is 5.53. The van der Waals surface area contributed by atoms with E-state index < -0.39 is 18.3 Å². The van der Waals surface area contributed by atoms with Gasteiger partial charge in [-0.3, -0.25) is 0 Å². The number of halogens is 4. The molecule has 0 bridgehead atoms. The van der Waals surface area contributed by atoms with Crippen molar-refractivity contribution in [1.29, 1.82) is 0 Å². The highest BCUT2D eigenvalue weighted by atomic mass is 35.5. The summed E-state index contributed by atoms with van der Waals surface area (Å²) < 4.78 is 38.1. The molecule has 0 saturated heterocycles. The van der Waals surface area contributed by atoms with Crippen LogP contribution in [0.3, 0.4) is 0 Å². The lowest BCUT2D eigenvalue weighted by atomic mass is 10.1. The Morgan fingerprint density at radius 2 is 1.47 bits per heavy atom. The third kappa shape index (κ3) is 4.73. The van der Waals surface area contributed by atoms with Gasteiger partial charge in [0.25, 0.3) is 0 Å². The Balaban J connectivity index is 0.00000256. The lowest BCUT2D eigenvalue weighted by Crippen LogP contribution is -2.19. The topological polar surface area (TPSA) is 63.6 Å². The maximum Gasteiger partial charge on any atom is 0.575 e. The minimum absolute atomic E-state index is 0. The molecule has 0 unspecified atom stereocenters. The van der Waals surface area contributed by atoms with Crippen LogP contribution < -0.4 is 0 Å². The molecule has 94 valence electrons. The molecule has 4 nitrogen and oxygen atoms in total. The smallest absolute Gasteiger partial charge is 0.478 e. The molecule has 0 aromatic heterocycles. The molecule has 17 heavy (non-hydrogen) atoms. The monoisotopic (exact) mass is 270 g/mol. The van der Waals surface area contributed by atoms with Crippen LogP contribution in [0.4, 0.5) is 13.2 Å². The zero-order valence-electron chi connectivity index (χ0n) is 8.02. The Bertz CT molecular complexity index is 413. The average Bonchev–Trinajstić information content (AvgIpc) is 2.15. The summed E-state index contributed by atoms with van der Waals surface area (Å²) in [5.41, 5.74) is -0.508. The number of alkyl halides is 3. The van der Waals surface area contributed by atoms with Gasteiger partial charge in [-0.1, -0.05) is 0 Å². The van der Waals surface area contributed by atoms with Crippen molar-refractivity contribution < 1.29 is 32.6 Å². The Hall–Kier alpha value is -1.76. The summed E-state index contributed by atoms with van der Waals surface area (Å²) in [4.78, 5) is 21.3. The summed E-state index contributed by atoms with van der Waals surface area (Å²) in [6.07, 6.45) is -5.05. The number of carbonyl (C=O) groups excluding carboxylic acids is 1. The first-order valence-corrected chi connectivity index (χ1v) is 3.93. The molecule has 0 radical (unpaired) electrons. The summed E-state index contributed by atoms with van der Waals surface area (Å²) in [7, 11) is 0. The molecule has 8 heteroatoms. The predicted molar refractivity (Wildman–Crippen MR) is 52.1 cm³/mol. The maximum atomic E-state index is 11.7. The van der Waals surface area contributed by atoms with Gasteiger partial charge in [-0.15, -0.1) is 25.6 Å². The molecule has 0 atom stereocenters. The fourth-order valence-electron chi connectivity index (χ4n) is 0.913. The van der Waals surface area contributed by atoms with E-state index in [1.165, 1.54) is 0 Å². The van der Waals surface area contributed by atoms with Gasteiger partial charge in [-0.05, 0) is 24.3 Å². The standard InChI is InChI=1S/C9H5F3O4.ClH/c10-9(11,12)16-8(15)6-3-1-5(2-4-6)7(13)14;/h1-4H,(H,13,14);1H. The molecule has 1 aromatic rings. The van der Waals surface area contributed by atoms with Crippen LogP contribution in [-0.4, -0.2) is 23.4 Å². The molecule has 0 amide bonds. The first-order chi connectivity index (χ1) is 7.29. The van der Waals surface area contributed by atoms with Gasteiger partial charge in [0, 0.05) is 0 Å². The fraction of sp³-hybridized carbons (Fsp3) is 0.111. The number of ether oxygens (including phenoxy) is 1. The third-order valence-electron chi connectivity index (χ3n) is 1.58.